The van der Waals surface area contributed by atoms with E-state index in [4.69, 9.17) is 16.3 Å². The van der Waals surface area contributed by atoms with E-state index in [9.17, 15) is 13.6 Å². The molecule has 3 rings (SSSR count). The number of carbonyl (C=O) groups is 1. The summed E-state index contributed by atoms with van der Waals surface area (Å²) < 4.78 is 33.1. The number of hydrogen-bond donors (Lipinski definition) is 0. The summed E-state index contributed by atoms with van der Waals surface area (Å²) in [6, 6.07) is 13.8. The van der Waals surface area contributed by atoms with Crippen molar-refractivity contribution in [1.29, 1.82) is 0 Å². The van der Waals surface area contributed by atoms with Gasteiger partial charge in [-0.2, -0.15) is 8.78 Å². The molecule has 0 aliphatic carbocycles. The van der Waals surface area contributed by atoms with Gasteiger partial charge in [0.15, 0.2) is 11.9 Å². The molecule has 7 heteroatoms. The third kappa shape index (κ3) is 3.85. The first-order chi connectivity index (χ1) is 12.5. The number of para-hydroxylation sites is 2. The summed E-state index contributed by atoms with van der Waals surface area (Å²) in [5, 5.41) is 0.577. The molecule has 0 bridgehead atoms. The molecule has 0 fully saturated rings. The van der Waals surface area contributed by atoms with Crippen LogP contribution in [-0.4, -0.2) is 15.5 Å². The SMILES string of the molecule is CC(OC(=O)CCc1ccccc1Cl)c1nc2ccccc2n1C(F)F. The molecular formula is C19H17ClF2N2O2. The molecule has 0 spiro atoms. The molecule has 0 saturated heterocycles. The van der Waals surface area contributed by atoms with Crippen LogP contribution in [0.25, 0.3) is 11.0 Å². The molecule has 1 aromatic heterocycles. The lowest BCUT2D eigenvalue weighted by atomic mass is 10.1. The predicted molar refractivity (Wildman–Crippen MR) is 95.3 cm³/mol. The summed E-state index contributed by atoms with van der Waals surface area (Å²) >= 11 is 6.06. The van der Waals surface area contributed by atoms with Crippen molar-refractivity contribution in [2.45, 2.75) is 32.4 Å². The van der Waals surface area contributed by atoms with E-state index in [0.717, 1.165) is 10.1 Å². The number of halogens is 3. The molecule has 1 atom stereocenters. The number of rotatable bonds is 6. The van der Waals surface area contributed by atoms with Crippen molar-refractivity contribution in [3.8, 4) is 0 Å². The third-order valence-electron chi connectivity index (χ3n) is 4.05. The van der Waals surface area contributed by atoms with Crippen molar-refractivity contribution >= 4 is 28.6 Å². The number of benzene rings is 2. The highest BCUT2D eigenvalue weighted by molar-refractivity contribution is 6.31. The van der Waals surface area contributed by atoms with Crippen LogP contribution in [0.4, 0.5) is 8.78 Å². The van der Waals surface area contributed by atoms with Gasteiger partial charge < -0.3 is 4.74 Å². The normalized spacial score (nSPS) is 12.5. The van der Waals surface area contributed by atoms with Crippen LogP contribution in [0.3, 0.4) is 0 Å². The van der Waals surface area contributed by atoms with Crippen molar-refractivity contribution in [2.75, 3.05) is 0 Å². The summed E-state index contributed by atoms with van der Waals surface area (Å²) in [7, 11) is 0. The Morgan fingerprint density at radius 2 is 1.88 bits per heavy atom. The van der Waals surface area contributed by atoms with Crippen LogP contribution < -0.4 is 0 Å². The standard InChI is InChI=1S/C19H17ClF2N2O2/c1-12(26-17(25)11-10-13-6-2-3-7-14(13)20)18-23-15-8-4-5-9-16(15)24(18)19(21)22/h2-9,12,19H,10-11H2,1H3. The second-order valence-electron chi connectivity index (χ2n) is 5.83. The summed E-state index contributed by atoms with van der Waals surface area (Å²) in [6.07, 6.45) is -0.380. The molecule has 136 valence electrons. The Morgan fingerprint density at radius 1 is 1.19 bits per heavy atom. The van der Waals surface area contributed by atoms with Crippen molar-refractivity contribution < 1.29 is 18.3 Å². The Balaban J connectivity index is 1.72. The molecule has 2 aromatic carbocycles. The molecular weight excluding hydrogens is 362 g/mol. The first kappa shape index (κ1) is 18.3. The summed E-state index contributed by atoms with van der Waals surface area (Å²) in [5.74, 6) is -0.474. The van der Waals surface area contributed by atoms with Gasteiger partial charge in [-0.3, -0.25) is 9.36 Å². The number of carbonyl (C=O) groups excluding carboxylic acids is 1. The van der Waals surface area contributed by atoms with Gasteiger partial charge >= 0.3 is 12.5 Å². The van der Waals surface area contributed by atoms with E-state index in [0.29, 0.717) is 22.5 Å². The first-order valence-electron chi connectivity index (χ1n) is 8.15. The second-order valence-corrected chi connectivity index (χ2v) is 6.24. The largest absolute Gasteiger partial charge is 0.454 e. The number of aryl methyl sites for hydroxylation is 1. The third-order valence-corrected chi connectivity index (χ3v) is 4.42. The number of aromatic nitrogens is 2. The zero-order chi connectivity index (χ0) is 18.7. The Morgan fingerprint density at radius 3 is 2.62 bits per heavy atom. The summed E-state index contributed by atoms with van der Waals surface area (Å²) in [5.41, 5.74) is 1.57. The molecule has 0 aliphatic rings. The minimum absolute atomic E-state index is 0.0206. The molecule has 26 heavy (non-hydrogen) atoms. The van der Waals surface area contributed by atoms with Gasteiger partial charge in [0, 0.05) is 11.4 Å². The average molecular weight is 379 g/mol. The van der Waals surface area contributed by atoms with E-state index in [1.807, 2.05) is 12.1 Å². The van der Waals surface area contributed by atoms with E-state index in [-0.39, 0.29) is 12.2 Å². The summed E-state index contributed by atoms with van der Waals surface area (Å²) in [4.78, 5) is 16.3. The van der Waals surface area contributed by atoms with Gasteiger partial charge in [-0.15, -0.1) is 0 Å². The number of imidazole rings is 1. The number of nitrogens with zero attached hydrogens (tertiary/aromatic N) is 2. The van der Waals surface area contributed by atoms with Crippen LogP contribution in [0.1, 0.15) is 37.4 Å². The van der Waals surface area contributed by atoms with Crippen molar-refractivity contribution in [3.05, 3.63) is 64.9 Å². The predicted octanol–water partition coefficient (Wildman–Crippen LogP) is 5.32. The van der Waals surface area contributed by atoms with Crippen LogP contribution >= 0.6 is 11.6 Å². The quantitative estimate of drug-likeness (QED) is 0.545. The zero-order valence-electron chi connectivity index (χ0n) is 14.0. The smallest absolute Gasteiger partial charge is 0.320 e. The molecule has 0 amide bonds. The van der Waals surface area contributed by atoms with Crippen molar-refractivity contribution in [2.24, 2.45) is 0 Å². The molecule has 0 saturated carbocycles. The number of hydrogen-bond acceptors (Lipinski definition) is 3. The first-order valence-corrected chi connectivity index (χ1v) is 8.53. The maximum absolute atomic E-state index is 13.5. The van der Waals surface area contributed by atoms with Crippen LogP contribution in [0.2, 0.25) is 5.02 Å². The van der Waals surface area contributed by atoms with E-state index in [1.54, 1.807) is 36.4 Å². The van der Waals surface area contributed by atoms with E-state index in [2.05, 4.69) is 4.98 Å². The molecule has 0 radical (unpaired) electrons. The fourth-order valence-corrected chi connectivity index (χ4v) is 3.03. The fourth-order valence-electron chi connectivity index (χ4n) is 2.80. The highest BCUT2D eigenvalue weighted by atomic mass is 35.5. The van der Waals surface area contributed by atoms with Crippen LogP contribution in [0, 0.1) is 0 Å². The fraction of sp³-hybridized carbons (Fsp3) is 0.263. The van der Waals surface area contributed by atoms with Crippen LogP contribution in [-0.2, 0) is 16.0 Å². The Kier molecular flexibility index (Phi) is 5.52. The molecule has 1 unspecified atom stereocenters. The van der Waals surface area contributed by atoms with Crippen molar-refractivity contribution in [3.63, 3.8) is 0 Å². The number of ether oxygens (including phenoxy) is 1. The van der Waals surface area contributed by atoms with Crippen molar-refractivity contribution in [1.82, 2.24) is 9.55 Å². The minimum Gasteiger partial charge on any atom is -0.454 e. The highest BCUT2D eigenvalue weighted by Gasteiger charge is 2.24. The van der Waals surface area contributed by atoms with Gasteiger partial charge in [-0.05, 0) is 37.1 Å². The van der Waals surface area contributed by atoms with Gasteiger partial charge in [0.25, 0.3) is 0 Å². The van der Waals surface area contributed by atoms with E-state index in [1.165, 1.54) is 6.92 Å². The lowest BCUT2D eigenvalue weighted by Crippen LogP contribution is -2.15. The summed E-state index contributed by atoms with van der Waals surface area (Å²) in [6.45, 7) is -1.24. The maximum atomic E-state index is 13.5. The lowest BCUT2D eigenvalue weighted by Gasteiger charge is -2.15. The second kappa shape index (κ2) is 7.83. The Labute approximate surface area is 154 Å². The molecule has 1 heterocycles. The zero-order valence-corrected chi connectivity index (χ0v) is 14.8. The van der Waals surface area contributed by atoms with E-state index < -0.39 is 18.6 Å². The van der Waals surface area contributed by atoms with Crippen LogP contribution in [0.15, 0.2) is 48.5 Å². The average Bonchev–Trinajstić information content (AvgIpc) is 3.01. The van der Waals surface area contributed by atoms with Gasteiger partial charge in [0.05, 0.1) is 11.0 Å². The minimum atomic E-state index is -2.78. The number of alkyl halides is 2. The molecule has 4 nitrogen and oxygen atoms in total. The maximum Gasteiger partial charge on any atom is 0.320 e. The van der Waals surface area contributed by atoms with Gasteiger partial charge in [0.2, 0.25) is 0 Å². The van der Waals surface area contributed by atoms with Crippen LogP contribution in [0.5, 0.6) is 0 Å². The van der Waals surface area contributed by atoms with E-state index >= 15 is 0 Å². The van der Waals surface area contributed by atoms with Gasteiger partial charge in [0.1, 0.15) is 0 Å². The highest BCUT2D eigenvalue weighted by Crippen LogP contribution is 2.28. The molecule has 0 N–H and O–H groups in total. The van der Waals surface area contributed by atoms with Gasteiger partial charge in [-0.1, -0.05) is 41.9 Å². The Bertz CT molecular complexity index is 927. The molecule has 3 aromatic rings. The monoisotopic (exact) mass is 378 g/mol. The lowest BCUT2D eigenvalue weighted by molar-refractivity contribution is -0.149. The molecule has 0 aliphatic heterocycles. The number of fused-ring (bicyclic) bond motifs is 1. The van der Waals surface area contributed by atoms with Gasteiger partial charge in [-0.25, -0.2) is 4.98 Å². The number of esters is 1. The topological polar surface area (TPSA) is 44.1 Å². The Hall–Kier alpha value is -2.47.